The Morgan fingerprint density at radius 3 is 2.89 bits per heavy atom. The zero-order valence-corrected chi connectivity index (χ0v) is 9.45. The van der Waals surface area contributed by atoms with Gasteiger partial charge in [-0.1, -0.05) is 6.07 Å². The van der Waals surface area contributed by atoms with Crippen LogP contribution in [-0.2, 0) is 11.2 Å². The molecule has 3 rings (SSSR count). The van der Waals surface area contributed by atoms with E-state index in [4.69, 9.17) is 11.0 Å². The molecular weight excluding hydrogens is 228 g/mol. The van der Waals surface area contributed by atoms with Crippen LogP contribution in [-0.4, -0.2) is 10.9 Å². The number of amides is 1. The normalized spacial score (nSPS) is 12.9. The second kappa shape index (κ2) is 3.64. The highest BCUT2D eigenvalue weighted by Crippen LogP contribution is 2.29. The topological polar surface area (TPSA) is 94.7 Å². The van der Waals surface area contributed by atoms with Crippen LogP contribution in [0.3, 0.4) is 0 Å². The largest absolute Gasteiger partial charge is 0.384 e. The summed E-state index contributed by atoms with van der Waals surface area (Å²) in [6, 6.07) is 9.41. The van der Waals surface area contributed by atoms with E-state index in [0.717, 1.165) is 22.5 Å². The number of H-pyrrole nitrogens is 1. The lowest BCUT2D eigenvalue weighted by atomic mass is 10.1. The number of carbonyl (C=O) groups excluding carboxylic acids is 1. The molecule has 5 heteroatoms. The minimum absolute atomic E-state index is 0.00543. The molecule has 0 saturated heterocycles. The van der Waals surface area contributed by atoms with Gasteiger partial charge in [0.1, 0.15) is 11.9 Å². The Morgan fingerprint density at radius 1 is 1.33 bits per heavy atom. The van der Waals surface area contributed by atoms with Crippen molar-refractivity contribution in [3.63, 3.8) is 0 Å². The van der Waals surface area contributed by atoms with Gasteiger partial charge >= 0.3 is 0 Å². The molecule has 0 aliphatic carbocycles. The van der Waals surface area contributed by atoms with E-state index >= 15 is 0 Å². The van der Waals surface area contributed by atoms with Gasteiger partial charge in [0, 0.05) is 11.4 Å². The first-order valence-corrected chi connectivity index (χ1v) is 5.49. The number of nitrogens with zero attached hydrogens (tertiary/aromatic N) is 1. The van der Waals surface area contributed by atoms with Gasteiger partial charge in [-0.3, -0.25) is 4.79 Å². The van der Waals surface area contributed by atoms with Crippen LogP contribution in [0, 0.1) is 11.3 Å². The number of fused-ring (bicyclic) bond motifs is 1. The smallest absolute Gasteiger partial charge is 0.228 e. The lowest BCUT2D eigenvalue weighted by Crippen LogP contribution is -2.03. The van der Waals surface area contributed by atoms with E-state index in [1.807, 2.05) is 24.3 Å². The molecule has 18 heavy (non-hydrogen) atoms. The molecule has 0 unspecified atom stereocenters. The van der Waals surface area contributed by atoms with E-state index in [2.05, 4.69) is 10.3 Å². The number of aromatic nitrogens is 1. The summed E-state index contributed by atoms with van der Waals surface area (Å²) in [6.07, 6.45) is 0.393. The Balaban J connectivity index is 2.06. The average Bonchev–Trinajstić information content (AvgIpc) is 2.89. The van der Waals surface area contributed by atoms with Gasteiger partial charge in [0.2, 0.25) is 5.91 Å². The first kappa shape index (κ1) is 10.4. The fourth-order valence-electron chi connectivity index (χ4n) is 2.12. The third-order valence-electron chi connectivity index (χ3n) is 3.01. The molecule has 2 heterocycles. The third-order valence-corrected chi connectivity index (χ3v) is 3.01. The van der Waals surface area contributed by atoms with Crippen molar-refractivity contribution in [1.29, 1.82) is 5.26 Å². The minimum atomic E-state index is 0.00543. The summed E-state index contributed by atoms with van der Waals surface area (Å²) in [4.78, 5) is 14.2. The van der Waals surface area contributed by atoms with E-state index in [1.165, 1.54) is 0 Å². The molecule has 0 radical (unpaired) electrons. The molecule has 1 aliphatic heterocycles. The van der Waals surface area contributed by atoms with Crippen LogP contribution >= 0.6 is 0 Å². The predicted octanol–water partition coefficient (Wildman–Crippen LogP) is 1.63. The van der Waals surface area contributed by atoms with Gasteiger partial charge in [-0.05, 0) is 29.3 Å². The van der Waals surface area contributed by atoms with E-state index in [1.54, 1.807) is 6.07 Å². The highest BCUT2D eigenvalue weighted by molar-refractivity contribution is 5.99. The second-order valence-electron chi connectivity index (χ2n) is 4.22. The predicted molar refractivity (Wildman–Crippen MR) is 67.7 cm³/mol. The molecule has 2 aromatic rings. The molecule has 0 atom stereocenters. The van der Waals surface area contributed by atoms with Crippen LogP contribution in [0.25, 0.3) is 11.3 Å². The van der Waals surface area contributed by atoms with E-state index in [9.17, 15) is 4.79 Å². The number of hydrogen-bond acceptors (Lipinski definition) is 3. The van der Waals surface area contributed by atoms with Crippen molar-refractivity contribution in [3.05, 3.63) is 35.4 Å². The van der Waals surface area contributed by atoms with Crippen LogP contribution in [0.2, 0.25) is 0 Å². The summed E-state index contributed by atoms with van der Waals surface area (Å²) in [6.45, 7) is 0. The zero-order chi connectivity index (χ0) is 12.7. The van der Waals surface area contributed by atoms with Crippen molar-refractivity contribution in [3.8, 4) is 17.3 Å². The SMILES string of the molecule is N#Cc1cc(-c2ccc3c(c2)CC(=O)N3)[nH]c1N. The lowest BCUT2D eigenvalue weighted by Gasteiger charge is -2.02. The van der Waals surface area contributed by atoms with Crippen molar-refractivity contribution in [2.45, 2.75) is 6.42 Å². The second-order valence-corrected chi connectivity index (χ2v) is 4.22. The molecule has 0 bridgehead atoms. The number of nitriles is 1. The molecule has 1 amide bonds. The van der Waals surface area contributed by atoms with E-state index < -0.39 is 0 Å². The van der Waals surface area contributed by atoms with Crippen LogP contribution in [0.5, 0.6) is 0 Å². The molecule has 88 valence electrons. The monoisotopic (exact) mass is 238 g/mol. The molecule has 1 aromatic carbocycles. The summed E-state index contributed by atoms with van der Waals surface area (Å²) in [5.41, 5.74) is 9.62. The molecular formula is C13H10N4O. The van der Waals surface area contributed by atoms with Gasteiger partial charge in [0.05, 0.1) is 12.0 Å². The van der Waals surface area contributed by atoms with E-state index in [0.29, 0.717) is 17.8 Å². The van der Waals surface area contributed by atoms with Gasteiger partial charge in [0.15, 0.2) is 0 Å². The molecule has 5 nitrogen and oxygen atoms in total. The maximum atomic E-state index is 11.3. The number of aromatic amines is 1. The Kier molecular flexibility index (Phi) is 2.10. The fraction of sp³-hybridized carbons (Fsp3) is 0.0769. The number of nitrogens with two attached hydrogens (primary N) is 1. The number of anilines is 2. The van der Waals surface area contributed by atoms with Crippen molar-refractivity contribution < 1.29 is 4.79 Å². The van der Waals surface area contributed by atoms with Crippen LogP contribution in [0.15, 0.2) is 24.3 Å². The van der Waals surface area contributed by atoms with Crippen molar-refractivity contribution in [2.75, 3.05) is 11.1 Å². The van der Waals surface area contributed by atoms with Crippen molar-refractivity contribution in [1.82, 2.24) is 4.98 Å². The summed E-state index contributed by atoms with van der Waals surface area (Å²) >= 11 is 0. The van der Waals surface area contributed by atoms with Gasteiger partial charge in [-0.15, -0.1) is 0 Å². The number of carbonyl (C=O) groups is 1. The van der Waals surface area contributed by atoms with Crippen LogP contribution in [0.4, 0.5) is 11.5 Å². The summed E-state index contributed by atoms with van der Waals surface area (Å²) in [5.74, 6) is 0.369. The lowest BCUT2D eigenvalue weighted by molar-refractivity contribution is -0.115. The minimum Gasteiger partial charge on any atom is -0.384 e. The Hall–Kier alpha value is -2.74. The van der Waals surface area contributed by atoms with Gasteiger partial charge in [0.25, 0.3) is 0 Å². The Bertz CT molecular complexity index is 694. The Morgan fingerprint density at radius 2 is 2.17 bits per heavy atom. The molecule has 1 aliphatic rings. The highest BCUT2D eigenvalue weighted by atomic mass is 16.1. The standard InChI is InChI=1S/C13H10N4O/c14-6-9-4-11(17-13(9)15)7-1-2-10-8(3-7)5-12(18)16-10/h1-4,17H,5,15H2,(H,16,18). The number of nitrogens with one attached hydrogen (secondary N) is 2. The first-order chi connectivity index (χ1) is 8.67. The quantitative estimate of drug-likeness (QED) is 0.704. The number of rotatable bonds is 1. The zero-order valence-electron chi connectivity index (χ0n) is 9.45. The fourth-order valence-corrected chi connectivity index (χ4v) is 2.12. The molecule has 0 spiro atoms. The van der Waals surface area contributed by atoms with Crippen LogP contribution < -0.4 is 11.1 Å². The average molecular weight is 238 g/mol. The van der Waals surface area contributed by atoms with Gasteiger partial charge in [-0.2, -0.15) is 5.26 Å². The van der Waals surface area contributed by atoms with E-state index in [-0.39, 0.29) is 5.91 Å². The number of hydrogen-bond donors (Lipinski definition) is 3. The number of nitrogen functional groups attached to an aromatic ring is 1. The van der Waals surface area contributed by atoms with Gasteiger partial charge in [-0.25, -0.2) is 0 Å². The Labute approximate surface area is 103 Å². The maximum Gasteiger partial charge on any atom is 0.228 e. The van der Waals surface area contributed by atoms with Crippen molar-refractivity contribution >= 4 is 17.4 Å². The third kappa shape index (κ3) is 1.52. The van der Waals surface area contributed by atoms with Crippen molar-refractivity contribution in [2.24, 2.45) is 0 Å². The summed E-state index contributed by atoms with van der Waals surface area (Å²) < 4.78 is 0. The molecule has 4 N–H and O–H groups in total. The van der Waals surface area contributed by atoms with Crippen LogP contribution in [0.1, 0.15) is 11.1 Å². The molecule has 0 fully saturated rings. The summed E-state index contributed by atoms with van der Waals surface area (Å²) in [5, 5.41) is 11.6. The molecule has 1 aromatic heterocycles. The molecule has 0 saturated carbocycles. The first-order valence-electron chi connectivity index (χ1n) is 5.49. The summed E-state index contributed by atoms with van der Waals surface area (Å²) in [7, 11) is 0. The maximum absolute atomic E-state index is 11.3. The van der Waals surface area contributed by atoms with Gasteiger partial charge < -0.3 is 16.0 Å². The highest BCUT2D eigenvalue weighted by Gasteiger charge is 2.18. The number of benzene rings is 1.